The van der Waals surface area contributed by atoms with Crippen LogP contribution in [0.2, 0.25) is 0 Å². The number of benzene rings is 1. The maximum absolute atomic E-state index is 12.6. The van der Waals surface area contributed by atoms with Crippen LogP contribution in [0.15, 0.2) is 18.2 Å². The van der Waals surface area contributed by atoms with Crippen LogP contribution in [0.4, 0.5) is 0 Å². The van der Waals surface area contributed by atoms with Crippen molar-refractivity contribution in [3.05, 3.63) is 23.8 Å². The SMILES string of the molecule is COc1ccc(C(=O)N2CCN(S(=O)(=O)C3CC3)CC2)cc1OC. The Bertz CT molecular complexity index is 722. The van der Waals surface area contributed by atoms with E-state index in [4.69, 9.17) is 9.47 Å². The van der Waals surface area contributed by atoms with E-state index in [0.29, 0.717) is 43.2 Å². The summed E-state index contributed by atoms with van der Waals surface area (Å²) >= 11 is 0. The zero-order chi connectivity index (χ0) is 17.3. The molecule has 0 atom stereocenters. The number of nitrogens with zero attached hydrogens (tertiary/aromatic N) is 2. The van der Waals surface area contributed by atoms with Crippen LogP contribution in [0.25, 0.3) is 0 Å². The Morgan fingerprint density at radius 1 is 1.04 bits per heavy atom. The predicted molar refractivity (Wildman–Crippen MR) is 89.0 cm³/mol. The number of carbonyl (C=O) groups excluding carboxylic acids is 1. The molecule has 7 nitrogen and oxygen atoms in total. The van der Waals surface area contributed by atoms with Gasteiger partial charge in [0.2, 0.25) is 10.0 Å². The molecular weight excluding hydrogens is 332 g/mol. The Balaban J connectivity index is 1.67. The highest BCUT2D eigenvalue weighted by molar-refractivity contribution is 7.90. The van der Waals surface area contributed by atoms with Crippen molar-refractivity contribution in [2.24, 2.45) is 0 Å². The number of amides is 1. The summed E-state index contributed by atoms with van der Waals surface area (Å²) in [6.07, 6.45) is 1.51. The predicted octanol–water partition coefficient (Wildman–Crippen LogP) is 0.954. The van der Waals surface area contributed by atoms with Gasteiger partial charge in [0.25, 0.3) is 5.91 Å². The number of methoxy groups -OCH3 is 2. The molecule has 1 aromatic carbocycles. The van der Waals surface area contributed by atoms with Gasteiger partial charge in [0.1, 0.15) is 0 Å². The summed E-state index contributed by atoms with van der Waals surface area (Å²) in [5, 5.41) is -0.203. The van der Waals surface area contributed by atoms with Crippen molar-refractivity contribution in [3.63, 3.8) is 0 Å². The van der Waals surface area contributed by atoms with Crippen molar-refractivity contribution in [1.29, 1.82) is 0 Å². The highest BCUT2D eigenvalue weighted by Crippen LogP contribution is 2.32. The number of hydrogen-bond acceptors (Lipinski definition) is 5. The number of carbonyl (C=O) groups is 1. The van der Waals surface area contributed by atoms with Crippen LogP contribution in [-0.2, 0) is 10.0 Å². The van der Waals surface area contributed by atoms with Gasteiger partial charge in [-0.15, -0.1) is 0 Å². The Hall–Kier alpha value is -1.80. The van der Waals surface area contributed by atoms with Gasteiger partial charge in [0, 0.05) is 31.7 Å². The van der Waals surface area contributed by atoms with E-state index in [-0.39, 0.29) is 11.2 Å². The average molecular weight is 354 g/mol. The van der Waals surface area contributed by atoms with Crippen molar-refractivity contribution in [3.8, 4) is 11.5 Å². The van der Waals surface area contributed by atoms with Gasteiger partial charge in [-0.1, -0.05) is 0 Å². The van der Waals surface area contributed by atoms with E-state index < -0.39 is 10.0 Å². The number of rotatable bonds is 5. The van der Waals surface area contributed by atoms with Crippen LogP contribution in [0.3, 0.4) is 0 Å². The molecule has 3 rings (SSSR count). The number of hydrogen-bond donors (Lipinski definition) is 0. The van der Waals surface area contributed by atoms with Gasteiger partial charge in [0.15, 0.2) is 11.5 Å². The molecule has 0 bridgehead atoms. The van der Waals surface area contributed by atoms with Gasteiger partial charge in [-0.2, -0.15) is 4.31 Å². The van der Waals surface area contributed by atoms with Crippen LogP contribution < -0.4 is 9.47 Å². The van der Waals surface area contributed by atoms with E-state index in [0.717, 1.165) is 12.8 Å². The van der Waals surface area contributed by atoms with E-state index >= 15 is 0 Å². The normalized spacial score (nSPS) is 19.2. The smallest absolute Gasteiger partial charge is 0.254 e. The molecule has 1 aliphatic heterocycles. The summed E-state index contributed by atoms with van der Waals surface area (Å²) in [4.78, 5) is 14.3. The third kappa shape index (κ3) is 3.21. The lowest BCUT2D eigenvalue weighted by atomic mass is 10.1. The molecular formula is C16H22N2O5S. The molecule has 8 heteroatoms. The van der Waals surface area contributed by atoms with Gasteiger partial charge in [-0.3, -0.25) is 4.79 Å². The van der Waals surface area contributed by atoms with E-state index in [2.05, 4.69) is 0 Å². The molecule has 1 saturated heterocycles. The second kappa shape index (κ2) is 6.60. The highest BCUT2D eigenvalue weighted by atomic mass is 32.2. The standard InChI is InChI=1S/C16H22N2O5S/c1-22-14-6-3-12(11-15(14)23-2)16(19)17-7-9-18(10-8-17)24(20,21)13-4-5-13/h3,6,11,13H,4-5,7-10H2,1-2H3. The molecule has 2 aliphatic rings. The van der Waals surface area contributed by atoms with Gasteiger partial charge in [-0.05, 0) is 31.0 Å². The fourth-order valence-electron chi connectivity index (χ4n) is 2.87. The average Bonchev–Trinajstić information content (AvgIpc) is 3.46. The maximum Gasteiger partial charge on any atom is 0.254 e. The molecule has 24 heavy (non-hydrogen) atoms. The van der Waals surface area contributed by atoms with Gasteiger partial charge >= 0.3 is 0 Å². The first-order valence-corrected chi connectivity index (χ1v) is 9.48. The molecule has 1 saturated carbocycles. The first kappa shape index (κ1) is 17.0. The number of ether oxygens (including phenoxy) is 2. The molecule has 0 unspecified atom stereocenters. The largest absolute Gasteiger partial charge is 0.493 e. The Kier molecular flexibility index (Phi) is 4.69. The molecule has 0 spiro atoms. The Morgan fingerprint density at radius 2 is 1.67 bits per heavy atom. The van der Waals surface area contributed by atoms with E-state index in [9.17, 15) is 13.2 Å². The van der Waals surface area contributed by atoms with Crippen molar-refractivity contribution >= 4 is 15.9 Å². The molecule has 132 valence electrons. The molecule has 1 aliphatic carbocycles. The summed E-state index contributed by atoms with van der Waals surface area (Å²) < 4.78 is 36.4. The topological polar surface area (TPSA) is 76.2 Å². The van der Waals surface area contributed by atoms with Gasteiger partial charge in [-0.25, -0.2) is 8.42 Å². The fourth-order valence-corrected chi connectivity index (χ4v) is 4.70. The summed E-state index contributed by atoms with van der Waals surface area (Å²) in [5.74, 6) is 0.937. The molecule has 0 radical (unpaired) electrons. The lowest BCUT2D eigenvalue weighted by molar-refractivity contribution is 0.0697. The zero-order valence-electron chi connectivity index (χ0n) is 13.9. The monoisotopic (exact) mass is 354 g/mol. The quantitative estimate of drug-likeness (QED) is 0.787. The second-order valence-corrected chi connectivity index (χ2v) is 8.22. The van der Waals surface area contributed by atoms with Gasteiger partial charge < -0.3 is 14.4 Å². The first-order chi connectivity index (χ1) is 11.5. The molecule has 1 heterocycles. The van der Waals surface area contributed by atoms with Crippen LogP contribution >= 0.6 is 0 Å². The zero-order valence-corrected chi connectivity index (χ0v) is 14.7. The fraction of sp³-hybridized carbons (Fsp3) is 0.562. The Morgan fingerprint density at radius 3 is 2.21 bits per heavy atom. The lowest BCUT2D eigenvalue weighted by Gasteiger charge is -2.34. The molecule has 0 aromatic heterocycles. The van der Waals surface area contributed by atoms with Crippen LogP contribution in [0, 0.1) is 0 Å². The van der Waals surface area contributed by atoms with Crippen molar-refractivity contribution in [1.82, 2.24) is 9.21 Å². The highest BCUT2D eigenvalue weighted by Gasteiger charge is 2.41. The van der Waals surface area contributed by atoms with Crippen molar-refractivity contribution < 1.29 is 22.7 Å². The second-order valence-electron chi connectivity index (χ2n) is 6.01. The van der Waals surface area contributed by atoms with E-state index in [1.807, 2.05) is 0 Å². The Labute approximate surface area is 142 Å². The molecule has 0 N–H and O–H groups in total. The van der Waals surface area contributed by atoms with E-state index in [1.165, 1.54) is 11.4 Å². The summed E-state index contributed by atoms with van der Waals surface area (Å²) in [6.45, 7) is 1.52. The minimum Gasteiger partial charge on any atom is -0.493 e. The van der Waals surface area contributed by atoms with Crippen LogP contribution in [-0.4, -0.2) is 69.2 Å². The van der Waals surface area contributed by atoms with E-state index in [1.54, 1.807) is 30.2 Å². The molecule has 1 aromatic rings. The summed E-state index contributed by atoms with van der Waals surface area (Å²) in [7, 11) is -0.101. The third-order valence-electron chi connectivity index (χ3n) is 4.46. The minimum absolute atomic E-state index is 0.126. The summed E-state index contributed by atoms with van der Waals surface area (Å²) in [6, 6.07) is 5.03. The first-order valence-electron chi connectivity index (χ1n) is 7.97. The minimum atomic E-state index is -3.16. The van der Waals surface area contributed by atoms with Crippen molar-refractivity contribution in [2.75, 3.05) is 40.4 Å². The van der Waals surface area contributed by atoms with Gasteiger partial charge in [0.05, 0.1) is 19.5 Å². The summed E-state index contributed by atoms with van der Waals surface area (Å²) in [5.41, 5.74) is 0.506. The van der Waals surface area contributed by atoms with Crippen LogP contribution in [0.1, 0.15) is 23.2 Å². The van der Waals surface area contributed by atoms with Crippen LogP contribution in [0.5, 0.6) is 11.5 Å². The van der Waals surface area contributed by atoms with Crippen molar-refractivity contribution in [2.45, 2.75) is 18.1 Å². The molecule has 2 fully saturated rings. The lowest BCUT2D eigenvalue weighted by Crippen LogP contribution is -2.51. The molecule has 1 amide bonds. The third-order valence-corrected chi connectivity index (χ3v) is 6.86. The number of piperazine rings is 1. The maximum atomic E-state index is 12.6. The number of sulfonamides is 1.